The highest BCUT2D eigenvalue weighted by Gasteiger charge is 2.16. The van der Waals surface area contributed by atoms with Crippen LogP contribution in [-0.2, 0) is 19.8 Å². The molecule has 0 saturated carbocycles. The molecule has 25 heavy (non-hydrogen) atoms. The van der Waals surface area contributed by atoms with Gasteiger partial charge in [0, 0.05) is 18.0 Å². The minimum Gasteiger partial charge on any atom is -0.350 e. The Kier molecular flexibility index (Phi) is 9.54. The molecule has 0 aromatic heterocycles. The Morgan fingerprint density at radius 1 is 1.20 bits per heavy atom. The molecule has 0 saturated heterocycles. The molecule has 140 valence electrons. The van der Waals surface area contributed by atoms with E-state index in [0.29, 0.717) is 6.29 Å². The molecule has 2 amide bonds. The zero-order valence-corrected chi connectivity index (χ0v) is 15.0. The number of hydrogen-bond donors (Lipinski definition) is 3. The fourth-order valence-corrected chi connectivity index (χ4v) is 2.02. The van der Waals surface area contributed by atoms with Gasteiger partial charge in [-0.3, -0.25) is 9.59 Å². The van der Waals surface area contributed by atoms with E-state index in [9.17, 15) is 26.7 Å². The predicted molar refractivity (Wildman–Crippen MR) is 90.0 cm³/mol. The summed E-state index contributed by atoms with van der Waals surface area (Å²) >= 11 is 0. The van der Waals surface area contributed by atoms with Crippen molar-refractivity contribution in [1.29, 1.82) is 0 Å². The monoisotopic (exact) mass is 375 g/mol. The first-order chi connectivity index (χ1) is 11.6. The van der Waals surface area contributed by atoms with Crippen LogP contribution in [0.15, 0.2) is 29.2 Å². The van der Waals surface area contributed by atoms with Gasteiger partial charge >= 0.3 is 10.2 Å². The summed E-state index contributed by atoms with van der Waals surface area (Å²) in [6.45, 7) is 3.20. The van der Waals surface area contributed by atoms with E-state index >= 15 is 0 Å². The molecule has 0 bridgehead atoms. The van der Waals surface area contributed by atoms with Crippen molar-refractivity contribution in [2.75, 3.05) is 13.6 Å². The Bertz CT molecular complexity index is 690. The number of rotatable bonds is 7. The number of hydrogen-bond acceptors (Lipinski definition) is 6. The molecular weight excluding hydrogens is 353 g/mol. The van der Waals surface area contributed by atoms with Gasteiger partial charge in [0.1, 0.15) is 12.3 Å². The molecule has 1 unspecified atom stereocenters. The van der Waals surface area contributed by atoms with Crippen molar-refractivity contribution in [3.05, 3.63) is 29.8 Å². The zero-order valence-electron chi connectivity index (χ0n) is 14.2. The van der Waals surface area contributed by atoms with Crippen LogP contribution in [0.25, 0.3) is 0 Å². The van der Waals surface area contributed by atoms with E-state index in [4.69, 9.17) is 0 Å². The van der Waals surface area contributed by atoms with Crippen LogP contribution < -0.4 is 16.4 Å². The second kappa shape index (κ2) is 10.5. The number of amides is 2. The highest BCUT2D eigenvalue weighted by molar-refractivity contribution is 7.86. The van der Waals surface area contributed by atoms with Gasteiger partial charge in [0.2, 0.25) is 5.91 Å². The van der Waals surface area contributed by atoms with Crippen molar-refractivity contribution in [2.24, 2.45) is 11.7 Å². The van der Waals surface area contributed by atoms with Crippen molar-refractivity contribution in [1.82, 2.24) is 10.6 Å². The first kappa shape index (κ1) is 22.7. The van der Waals surface area contributed by atoms with Crippen LogP contribution in [0.2, 0.25) is 0 Å². The molecular formula is C15H22FN3O5S. The summed E-state index contributed by atoms with van der Waals surface area (Å²) in [4.78, 5) is 33.7. The third-order valence-corrected chi connectivity index (χ3v) is 3.73. The van der Waals surface area contributed by atoms with Gasteiger partial charge in [-0.2, -0.15) is 8.42 Å². The lowest BCUT2D eigenvalue weighted by atomic mass is 10.2. The molecule has 0 spiro atoms. The van der Waals surface area contributed by atoms with Gasteiger partial charge < -0.3 is 21.2 Å². The quantitative estimate of drug-likeness (QED) is 0.453. The van der Waals surface area contributed by atoms with Gasteiger partial charge in [0.25, 0.3) is 5.91 Å². The first-order valence-corrected chi connectivity index (χ1v) is 8.70. The van der Waals surface area contributed by atoms with Gasteiger partial charge in [-0.15, -0.1) is 3.89 Å². The van der Waals surface area contributed by atoms with E-state index in [-0.39, 0.29) is 23.9 Å². The number of aldehydes is 1. The van der Waals surface area contributed by atoms with Crippen LogP contribution in [-0.4, -0.2) is 46.2 Å². The lowest BCUT2D eigenvalue weighted by molar-refractivity contribution is -0.126. The molecule has 1 aromatic rings. The fraction of sp³-hybridized carbons (Fsp3) is 0.400. The first-order valence-electron chi connectivity index (χ1n) is 7.31. The average Bonchev–Trinajstić information content (AvgIpc) is 2.59. The standard InChI is InChI=1S/C14H17FN2O5S.CH5N/c1-9(2)13(19)17-11(8-18)7-16-14(20)10-3-5-12(6-4-10)23(15,21)22;1-2/h3-6,8-9,11H,7H2,1-2H3,(H,16,20)(H,17,19);2H2,1H3. The number of benzene rings is 1. The van der Waals surface area contributed by atoms with Crippen LogP contribution in [0.3, 0.4) is 0 Å². The van der Waals surface area contributed by atoms with E-state index in [1.165, 1.54) is 7.05 Å². The highest BCUT2D eigenvalue weighted by atomic mass is 32.3. The van der Waals surface area contributed by atoms with Gasteiger partial charge in [-0.25, -0.2) is 0 Å². The van der Waals surface area contributed by atoms with Gasteiger partial charge in [0.15, 0.2) is 0 Å². The topological polar surface area (TPSA) is 135 Å². The third kappa shape index (κ3) is 7.86. The molecule has 8 nitrogen and oxygen atoms in total. The molecule has 0 heterocycles. The van der Waals surface area contributed by atoms with Gasteiger partial charge in [-0.05, 0) is 31.3 Å². The van der Waals surface area contributed by atoms with Gasteiger partial charge in [-0.1, -0.05) is 13.8 Å². The van der Waals surface area contributed by atoms with Crippen molar-refractivity contribution in [3.63, 3.8) is 0 Å². The van der Waals surface area contributed by atoms with E-state index in [1.807, 2.05) is 0 Å². The van der Waals surface area contributed by atoms with Crippen LogP contribution in [0.4, 0.5) is 3.89 Å². The molecule has 1 rings (SSSR count). The number of halogens is 1. The molecule has 0 radical (unpaired) electrons. The summed E-state index contributed by atoms with van der Waals surface area (Å²) in [7, 11) is -3.32. The van der Waals surface area contributed by atoms with E-state index in [1.54, 1.807) is 13.8 Å². The fourth-order valence-electron chi connectivity index (χ4n) is 1.56. The number of carbonyl (C=O) groups excluding carboxylic acids is 3. The largest absolute Gasteiger partial charge is 0.350 e. The smallest absolute Gasteiger partial charge is 0.332 e. The van der Waals surface area contributed by atoms with Crippen molar-refractivity contribution < 1.29 is 26.7 Å². The van der Waals surface area contributed by atoms with E-state index < -0.39 is 27.1 Å². The summed E-state index contributed by atoms with van der Waals surface area (Å²) in [6.07, 6.45) is 0.499. The number of nitrogens with one attached hydrogen (secondary N) is 2. The van der Waals surface area contributed by atoms with Crippen LogP contribution >= 0.6 is 0 Å². The summed E-state index contributed by atoms with van der Waals surface area (Å²) < 4.78 is 34.1. The van der Waals surface area contributed by atoms with Crippen LogP contribution in [0.5, 0.6) is 0 Å². The number of nitrogens with two attached hydrogens (primary N) is 1. The minimum atomic E-state index is -4.82. The van der Waals surface area contributed by atoms with Crippen molar-refractivity contribution >= 4 is 28.3 Å². The summed E-state index contributed by atoms with van der Waals surface area (Å²) in [5, 5.41) is 4.88. The Hall–Kier alpha value is -2.33. The van der Waals surface area contributed by atoms with E-state index in [0.717, 1.165) is 24.3 Å². The molecule has 0 aliphatic carbocycles. The normalized spacial score (nSPS) is 11.8. The van der Waals surface area contributed by atoms with Gasteiger partial charge in [0.05, 0.1) is 4.90 Å². The lowest BCUT2D eigenvalue weighted by Gasteiger charge is -2.15. The zero-order chi connectivity index (χ0) is 19.6. The van der Waals surface area contributed by atoms with Crippen molar-refractivity contribution in [2.45, 2.75) is 24.8 Å². The lowest BCUT2D eigenvalue weighted by Crippen LogP contribution is -2.46. The molecule has 0 aliphatic rings. The van der Waals surface area contributed by atoms with E-state index in [2.05, 4.69) is 16.4 Å². The molecule has 0 aliphatic heterocycles. The minimum absolute atomic E-state index is 0.0947. The van der Waals surface area contributed by atoms with Crippen LogP contribution in [0, 0.1) is 5.92 Å². The Morgan fingerprint density at radius 2 is 1.72 bits per heavy atom. The molecule has 1 atom stereocenters. The summed E-state index contributed by atoms with van der Waals surface area (Å²) in [5.74, 6) is -1.21. The summed E-state index contributed by atoms with van der Waals surface area (Å²) in [6, 6.07) is 3.33. The third-order valence-electron chi connectivity index (χ3n) is 2.90. The molecule has 1 aromatic carbocycles. The average molecular weight is 375 g/mol. The highest BCUT2D eigenvalue weighted by Crippen LogP contribution is 2.12. The van der Waals surface area contributed by atoms with Crippen LogP contribution in [0.1, 0.15) is 24.2 Å². The Labute approximate surface area is 146 Å². The van der Waals surface area contributed by atoms with Crippen molar-refractivity contribution in [3.8, 4) is 0 Å². The maximum Gasteiger partial charge on any atom is 0.332 e. The maximum absolute atomic E-state index is 12.7. The Morgan fingerprint density at radius 3 is 2.12 bits per heavy atom. The maximum atomic E-state index is 12.7. The second-order valence-corrected chi connectivity index (χ2v) is 6.43. The molecule has 4 N–H and O–H groups in total. The Balaban J connectivity index is 0.00000277. The molecule has 0 fully saturated rings. The second-order valence-electron chi connectivity index (χ2n) is 5.08. The SMILES string of the molecule is CC(C)C(=O)NC(C=O)CNC(=O)c1ccc(S(=O)(=O)F)cc1.CN. The predicted octanol–water partition coefficient (Wildman–Crippen LogP) is -0.0108. The number of carbonyl (C=O) groups is 3. The summed E-state index contributed by atoms with van der Waals surface area (Å²) in [5.41, 5.74) is 4.59. The molecule has 10 heteroatoms.